The smallest absolute Gasteiger partial charge is 0.0834 e. The average molecular weight is 255 g/mol. The Morgan fingerprint density at radius 3 is 2.11 bits per heavy atom. The molecule has 1 aliphatic carbocycles. The Morgan fingerprint density at radius 2 is 1.67 bits per heavy atom. The van der Waals surface area contributed by atoms with Crippen molar-refractivity contribution in [1.82, 2.24) is 5.32 Å². The lowest BCUT2D eigenvalue weighted by Gasteiger charge is -2.41. The van der Waals surface area contributed by atoms with Gasteiger partial charge in [0, 0.05) is 12.6 Å². The van der Waals surface area contributed by atoms with Crippen LogP contribution in [-0.2, 0) is 4.74 Å². The van der Waals surface area contributed by atoms with Crippen molar-refractivity contribution in [3.05, 3.63) is 0 Å². The Bertz CT molecular complexity index is 207. The number of hydrogen-bond donors (Lipinski definition) is 1. The molecule has 2 heteroatoms. The summed E-state index contributed by atoms with van der Waals surface area (Å²) in [6.45, 7) is 10.9. The first-order chi connectivity index (χ1) is 8.64. The summed E-state index contributed by atoms with van der Waals surface area (Å²) >= 11 is 0. The van der Waals surface area contributed by atoms with Gasteiger partial charge in [0.2, 0.25) is 0 Å². The predicted molar refractivity (Wildman–Crippen MR) is 79.0 cm³/mol. The summed E-state index contributed by atoms with van der Waals surface area (Å²) in [5.41, 5.74) is 0.103. The van der Waals surface area contributed by atoms with Gasteiger partial charge in [-0.1, -0.05) is 46.5 Å². The molecule has 0 radical (unpaired) electrons. The van der Waals surface area contributed by atoms with Gasteiger partial charge in [0.1, 0.15) is 0 Å². The molecule has 0 heterocycles. The van der Waals surface area contributed by atoms with Crippen LogP contribution < -0.4 is 5.32 Å². The lowest BCUT2D eigenvalue weighted by atomic mass is 9.81. The fraction of sp³-hybridized carbons (Fsp3) is 1.00. The van der Waals surface area contributed by atoms with Crippen LogP contribution in [0.2, 0.25) is 0 Å². The summed E-state index contributed by atoms with van der Waals surface area (Å²) in [6, 6.07) is 0.528. The molecule has 0 aromatic heterocycles. The van der Waals surface area contributed by atoms with Crippen LogP contribution in [0.25, 0.3) is 0 Å². The van der Waals surface area contributed by atoms with E-state index in [4.69, 9.17) is 4.74 Å². The summed E-state index contributed by atoms with van der Waals surface area (Å²) in [7, 11) is 0. The Hall–Kier alpha value is -0.0800. The van der Waals surface area contributed by atoms with E-state index in [0.717, 1.165) is 19.1 Å². The molecule has 0 aromatic carbocycles. The second-order valence-electron chi connectivity index (χ2n) is 6.15. The van der Waals surface area contributed by atoms with E-state index in [-0.39, 0.29) is 5.60 Å². The van der Waals surface area contributed by atoms with Gasteiger partial charge in [-0.2, -0.15) is 0 Å². The highest BCUT2D eigenvalue weighted by Crippen LogP contribution is 2.35. The van der Waals surface area contributed by atoms with Gasteiger partial charge in [0.05, 0.1) is 5.60 Å². The van der Waals surface area contributed by atoms with E-state index in [1.807, 2.05) is 0 Å². The van der Waals surface area contributed by atoms with E-state index < -0.39 is 0 Å². The summed E-state index contributed by atoms with van der Waals surface area (Å²) in [5.74, 6) is 0.731. The summed E-state index contributed by atoms with van der Waals surface area (Å²) in [5, 5.41) is 3.71. The van der Waals surface area contributed by atoms with Gasteiger partial charge in [-0.3, -0.25) is 0 Å². The van der Waals surface area contributed by atoms with Crippen LogP contribution in [0.4, 0.5) is 0 Å². The molecule has 0 bridgehead atoms. The van der Waals surface area contributed by atoms with Crippen LogP contribution in [0.5, 0.6) is 0 Å². The van der Waals surface area contributed by atoms with Gasteiger partial charge in [0.15, 0.2) is 0 Å². The minimum absolute atomic E-state index is 0.103. The van der Waals surface area contributed by atoms with E-state index in [1.165, 1.54) is 44.9 Å². The van der Waals surface area contributed by atoms with Crippen molar-refractivity contribution in [2.75, 3.05) is 13.2 Å². The van der Waals surface area contributed by atoms with Gasteiger partial charge < -0.3 is 10.1 Å². The molecule has 0 spiro atoms. The van der Waals surface area contributed by atoms with Gasteiger partial charge in [-0.25, -0.2) is 0 Å². The summed E-state index contributed by atoms with van der Waals surface area (Å²) in [4.78, 5) is 0. The van der Waals surface area contributed by atoms with Crippen molar-refractivity contribution in [3.8, 4) is 0 Å². The summed E-state index contributed by atoms with van der Waals surface area (Å²) in [6.07, 6.45) is 9.15. The Kier molecular flexibility index (Phi) is 7.25. The molecular formula is C16H33NO. The minimum atomic E-state index is 0.103. The van der Waals surface area contributed by atoms with E-state index in [0.29, 0.717) is 6.04 Å². The molecule has 108 valence electrons. The van der Waals surface area contributed by atoms with E-state index in [1.54, 1.807) is 0 Å². The first-order valence-corrected chi connectivity index (χ1v) is 8.02. The molecular weight excluding hydrogens is 222 g/mol. The molecule has 18 heavy (non-hydrogen) atoms. The first kappa shape index (κ1) is 16.0. The fourth-order valence-corrected chi connectivity index (χ4v) is 3.41. The highest BCUT2D eigenvalue weighted by Gasteiger charge is 2.39. The van der Waals surface area contributed by atoms with Crippen molar-refractivity contribution in [3.63, 3.8) is 0 Å². The van der Waals surface area contributed by atoms with Crippen LogP contribution in [0.1, 0.15) is 72.6 Å². The zero-order valence-electron chi connectivity index (χ0n) is 12.9. The lowest BCUT2D eigenvalue weighted by Crippen LogP contribution is -2.53. The number of hydrogen-bond acceptors (Lipinski definition) is 2. The quantitative estimate of drug-likeness (QED) is 0.690. The fourth-order valence-electron chi connectivity index (χ4n) is 3.41. The standard InChI is InChI=1S/C16H33NO/c1-5-17-15(13-14(3)4)16(18-6-2)11-9-7-8-10-12-16/h14-15,17H,5-13H2,1-4H3. The van der Waals surface area contributed by atoms with Gasteiger partial charge >= 0.3 is 0 Å². The second kappa shape index (κ2) is 8.16. The second-order valence-corrected chi connectivity index (χ2v) is 6.15. The molecule has 2 nitrogen and oxygen atoms in total. The van der Waals surface area contributed by atoms with E-state index in [2.05, 4.69) is 33.0 Å². The van der Waals surface area contributed by atoms with Crippen LogP contribution in [-0.4, -0.2) is 24.8 Å². The maximum atomic E-state index is 6.30. The molecule has 1 aliphatic rings. The van der Waals surface area contributed by atoms with Gasteiger partial charge in [-0.05, 0) is 38.6 Å². The molecule has 0 amide bonds. The molecule has 1 fully saturated rings. The number of ether oxygens (including phenoxy) is 1. The first-order valence-electron chi connectivity index (χ1n) is 8.02. The molecule has 1 saturated carbocycles. The molecule has 1 unspecified atom stereocenters. The van der Waals surface area contributed by atoms with Crippen LogP contribution >= 0.6 is 0 Å². The Balaban J connectivity index is 2.81. The molecule has 0 saturated heterocycles. The Labute approximate surface area is 114 Å². The van der Waals surface area contributed by atoms with Crippen LogP contribution in [0, 0.1) is 5.92 Å². The van der Waals surface area contributed by atoms with Crippen molar-refractivity contribution >= 4 is 0 Å². The van der Waals surface area contributed by atoms with Gasteiger partial charge in [-0.15, -0.1) is 0 Å². The van der Waals surface area contributed by atoms with E-state index >= 15 is 0 Å². The Morgan fingerprint density at radius 1 is 1.06 bits per heavy atom. The SMILES string of the molecule is CCNC(CC(C)C)C1(OCC)CCCCCC1. The topological polar surface area (TPSA) is 21.3 Å². The van der Waals surface area contributed by atoms with Crippen molar-refractivity contribution in [2.24, 2.45) is 5.92 Å². The normalized spacial score (nSPS) is 21.8. The zero-order valence-corrected chi connectivity index (χ0v) is 12.9. The predicted octanol–water partition coefficient (Wildman–Crippen LogP) is 4.14. The molecule has 0 aliphatic heterocycles. The van der Waals surface area contributed by atoms with Crippen molar-refractivity contribution in [2.45, 2.75) is 84.3 Å². The maximum Gasteiger partial charge on any atom is 0.0834 e. The number of likely N-dealkylation sites (N-methyl/N-ethyl adjacent to an activating group) is 1. The maximum absolute atomic E-state index is 6.30. The van der Waals surface area contributed by atoms with Crippen molar-refractivity contribution < 1.29 is 4.74 Å². The number of nitrogens with one attached hydrogen (secondary N) is 1. The highest BCUT2D eigenvalue weighted by atomic mass is 16.5. The van der Waals surface area contributed by atoms with Crippen molar-refractivity contribution in [1.29, 1.82) is 0 Å². The van der Waals surface area contributed by atoms with Crippen LogP contribution in [0.3, 0.4) is 0 Å². The average Bonchev–Trinajstić information content (AvgIpc) is 2.55. The monoisotopic (exact) mass is 255 g/mol. The van der Waals surface area contributed by atoms with E-state index in [9.17, 15) is 0 Å². The molecule has 1 rings (SSSR count). The van der Waals surface area contributed by atoms with Crippen LogP contribution in [0.15, 0.2) is 0 Å². The third-order valence-corrected chi connectivity index (χ3v) is 4.17. The minimum Gasteiger partial charge on any atom is -0.374 e. The summed E-state index contributed by atoms with van der Waals surface area (Å²) < 4.78 is 6.30. The van der Waals surface area contributed by atoms with Gasteiger partial charge in [0.25, 0.3) is 0 Å². The molecule has 1 atom stereocenters. The molecule has 1 N–H and O–H groups in total. The third kappa shape index (κ3) is 4.55. The third-order valence-electron chi connectivity index (χ3n) is 4.17. The zero-order chi connectivity index (χ0) is 13.4. The highest BCUT2D eigenvalue weighted by molar-refractivity contribution is 4.95. The lowest BCUT2D eigenvalue weighted by molar-refractivity contribution is -0.0805. The largest absolute Gasteiger partial charge is 0.374 e. The number of rotatable bonds is 7. The molecule has 0 aromatic rings.